The quantitative estimate of drug-likeness (QED) is 0.591. The summed E-state index contributed by atoms with van der Waals surface area (Å²) in [7, 11) is -2.37. The number of anilines is 1. The van der Waals surface area contributed by atoms with E-state index < -0.39 is 7.14 Å². The average molecular weight is 220 g/mol. The fourth-order valence-electron chi connectivity index (χ4n) is 1.76. The van der Waals surface area contributed by atoms with Gasteiger partial charge in [0.1, 0.15) is 7.14 Å². The van der Waals surface area contributed by atoms with E-state index in [9.17, 15) is 4.57 Å². The van der Waals surface area contributed by atoms with Crippen molar-refractivity contribution >= 4 is 28.9 Å². The van der Waals surface area contributed by atoms with Gasteiger partial charge in [-0.05, 0) is 30.8 Å². The highest BCUT2D eigenvalue weighted by molar-refractivity contribution is 7.71. The summed E-state index contributed by atoms with van der Waals surface area (Å²) in [4.78, 5) is 4.05. The molecule has 0 saturated heterocycles. The van der Waals surface area contributed by atoms with Gasteiger partial charge >= 0.3 is 0 Å². The van der Waals surface area contributed by atoms with Gasteiger partial charge in [-0.3, -0.25) is 4.98 Å². The van der Waals surface area contributed by atoms with Crippen LogP contribution in [0.4, 0.5) is 5.69 Å². The van der Waals surface area contributed by atoms with Crippen LogP contribution in [-0.2, 0) is 4.57 Å². The minimum absolute atomic E-state index is 0.587. The number of fused-ring (bicyclic) bond motifs is 1. The Bertz CT molecular complexity index is 560. The third-order valence-electron chi connectivity index (χ3n) is 2.36. The molecular formula is C11H13N2OP. The molecule has 2 aromatic rings. The van der Waals surface area contributed by atoms with Crippen LogP contribution < -0.4 is 11.0 Å². The SMILES string of the molecule is CP(C)(=O)c1c(N)ccc2ccncc12. The summed E-state index contributed by atoms with van der Waals surface area (Å²) >= 11 is 0. The van der Waals surface area contributed by atoms with Gasteiger partial charge < -0.3 is 10.3 Å². The van der Waals surface area contributed by atoms with Crippen LogP contribution in [-0.4, -0.2) is 18.3 Å². The number of rotatable bonds is 1. The maximum atomic E-state index is 12.1. The van der Waals surface area contributed by atoms with Crippen LogP contribution in [0.15, 0.2) is 30.6 Å². The van der Waals surface area contributed by atoms with E-state index in [1.54, 1.807) is 31.8 Å². The van der Waals surface area contributed by atoms with Gasteiger partial charge in [0.25, 0.3) is 0 Å². The molecule has 78 valence electrons. The molecule has 0 fully saturated rings. The van der Waals surface area contributed by atoms with Crippen LogP contribution in [0.25, 0.3) is 10.8 Å². The zero-order valence-electron chi connectivity index (χ0n) is 8.77. The van der Waals surface area contributed by atoms with Crippen molar-refractivity contribution in [1.29, 1.82) is 0 Å². The van der Waals surface area contributed by atoms with E-state index in [1.807, 2.05) is 12.1 Å². The standard InChI is InChI=1S/C11H13N2OP/c1-15(2,14)11-9-7-13-6-5-8(9)3-4-10(11)12/h3-7H,12H2,1-2H3. The third kappa shape index (κ3) is 1.75. The number of nitrogens with two attached hydrogens (primary N) is 1. The highest BCUT2D eigenvalue weighted by Gasteiger charge is 2.17. The van der Waals surface area contributed by atoms with Crippen LogP contribution in [0.5, 0.6) is 0 Å². The molecule has 0 spiro atoms. The van der Waals surface area contributed by atoms with Crippen LogP contribution in [0.2, 0.25) is 0 Å². The summed E-state index contributed by atoms with van der Waals surface area (Å²) in [6.07, 6.45) is 3.44. The molecule has 0 radical (unpaired) electrons. The van der Waals surface area contributed by atoms with Gasteiger partial charge in [-0.25, -0.2) is 0 Å². The number of hydrogen-bond donors (Lipinski definition) is 1. The summed E-state index contributed by atoms with van der Waals surface area (Å²) in [6.45, 7) is 3.45. The van der Waals surface area contributed by atoms with Crippen LogP contribution in [0, 0.1) is 0 Å². The summed E-state index contributed by atoms with van der Waals surface area (Å²) in [5.41, 5.74) is 6.46. The van der Waals surface area contributed by atoms with Gasteiger partial charge in [-0.2, -0.15) is 0 Å². The van der Waals surface area contributed by atoms with Crippen molar-refractivity contribution in [1.82, 2.24) is 4.98 Å². The van der Waals surface area contributed by atoms with Gasteiger partial charge in [0.05, 0.1) is 0 Å². The van der Waals surface area contributed by atoms with Crippen molar-refractivity contribution in [3.63, 3.8) is 0 Å². The highest BCUT2D eigenvalue weighted by Crippen LogP contribution is 2.39. The summed E-state index contributed by atoms with van der Waals surface area (Å²) in [5, 5.41) is 2.66. The first-order chi connectivity index (χ1) is 7.00. The molecule has 1 aromatic heterocycles. The summed E-state index contributed by atoms with van der Waals surface area (Å²) < 4.78 is 12.1. The average Bonchev–Trinajstić information content (AvgIpc) is 2.15. The van der Waals surface area contributed by atoms with Crippen molar-refractivity contribution in [2.24, 2.45) is 0 Å². The Morgan fingerprint density at radius 1 is 1.27 bits per heavy atom. The smallest absolute Gasteiger partial charge is 0.112 e. The zero-order chi connectivity index (χ0) is 11.1. The lowest BCUT2D eigenvalue weighted by Crippen LogP contribution is -2.11. The van der Waals surface area contributed by atoms with Crippen molar-refractivity contribution in [3.8, 4) is 0 Å². The fourth-order valence-corrected chi connectivity index (χ4v) is 3.23. The Morgan fingerprint density at radius 2 is 2.00 bits per heavy atom. The Labute approximate surface area is 88.7 Å². The lowest BCUT2D eigenvalue weighted by Gasteiger charge is -2.13. The second-order valence-electron chi connectivity index (χ2n) is 3.95. The Hall–Kier alpha value is -1.34. The maximum absolute atomic E-state index is 12.1. The summed E-state index contributed by atoms with van der Waals surface area (Å²) in [5.74, 6) is 0. The predicted molar refractivity (Wildman–Crippen MR) is 65.2 cm³/mol. The Balaban J connectivity index is 2.92. The molecule has 2 rings (SSSR count). The number of hydrogen-bond acceptors (Lipinski definition) is 3. The molecule has 0 bridgehead atoms. The van der Waals surface area contributed by atoms with Crippen molar-refractivity contribution < 1.29 is 4.57 Å². The lowest BCUT2D eigenvalue weighted by molar-refractivity contribution is 0.588. The second kappa shape index (κ2) is 3.35. The number of nitrogen functional groups attached to an aromatic ring is 1. The number of pyridine rings is 1. The largest absolute Gasteiger partial charge is 0.398 e. The number of aromatic nitrogens is 1. The molecule has 1 heterocycles. The van der Waals surface area contributed by atoms with Crippen molar-refractivity contribution in [3.05, 3.63) is 30.6 Å². The molecule has 0 unspecified atom stereocenters. The minimum atomic E-state index is -2.37. The fraction of sp³-hybridized carbons (Fsp3) is 0.182. The first-order valence-electron chi connectivity index (χ1n) is 4.68. The zero-order valence-corrected chi connectivity index (χ0v) is 9.66. The van der Waals surface area contributed by atoms with E-state index in [4.69, 9.17) is 5.73 Å². The molecule has 0 aliphatic heterocycles. The van der Waals surface area contributed by atoms with E-state index in [1.165, 1.54) is 0 Å². The maximum Gasteiger partial charge on any atom is 0.112 e. The second-order valence-corrected chi connectivity index (χ2v) is 7.10. The predicted octanol–water partition coefficient (Wildman–Crippen LogP) is 2.06. The Morgan fingerprint density at radius 3 is 2.67 bits per heavy atom. The summed E-state index contributed by atoms with van der Waals surface area (Å²) in [6, 6.07) is 5.62. The van der Waals surface area contributed by atoms with E-state index in [-0.39, 0.29) is 0 Å². The van der Waals surface area contributed by atoms with Gasteiger partial charge in [0.15, 0.2) is 0 Å². The van der Waals surface area contributed by atoms with E-state index >= 15 is 0 Å². The first-order valence-corrected chi connectivity index (χ1v) is 7.28. The monoisotopic (exact) mass is 220 g/mol. The number of benzene rings is 1. The van der Waals surface area contributed by atoms with Crippen molar-refractivity contribution in [2.45, 2.75) is 0 Å². The Kier molecular flexibility index (Phi) is 2.28. The topological polar surface area (TPSA) is 56.0 Å². The van der Waals surface area contributed by atoms with Crippen molar-refractivity contribution in [2.75, 3.05) is 19.1 Å². The van der Waals surface area contributed by atoms with Crippen LogP contribution in [0.1, 0.15) is 0 Å². The molecule has 3 nitrogen and oxygen atoms in total. The van der Waals surface area contributed by atoms with E-state index in [0.29, 0.717) is 5.69 Å². The molecule has 0 aliphatic rings. The third-order valence-corrected chi connectivity index (χ3v) is 3.94. The molecule has 4 heteroatoms. The first kappa shape index (κ1) is 10.2. The molecule has 0 amide bonds. The molecule has 0 aliphatic carbocycles. The molecular weight excluding hydrogens is 207 g/mol. The van der Waals surface area contributed by atoms with Gasteiger partial charge in [-0.1, -0.05) is 6.07 Å². The van der Waals surface area contributed by atoms with Crippen LogP contribution in [0.3, 0.4) is 0 Å². The number of nitrogens with zero attached hydrogens (tertiary/aromatic N) is 1. The molecule has 0 atom stereocenters. The van der Waals surface area contributed by atoms with Crippen LogP contribution >= 0.6 is 7.14 Å². The van der Waals surface area contributed by atoms with Gasteiger partial charge in [0, 0.05) is 28.8 Å². The minimum Gasteiger partial charge on any atom is -0.398 e. The van der Waals surface area contributed by atoms with Gasteiger partial charge in [0.2, 0.25) is 0 Å². The van der Waals surface area contributed by atoms with Gasteiger partial charge in [-0.15, -0.1) is 0 Å². The molecule has 0 saturated carbocycles. The van der Waals surface area contributed by atoms with E-state index in [2.05, 4.69) is 4.98 Å². The normalized spacial score (nSPS) is 11.9. The molecule has 15 heavy (non-hydrogen) atoms. The van der Waals surface area contributed by atoms with E-state index in [0.717, 1.165) is 16.1 Å². The highest BCUT2D eigenvalue weighted by atomic mass is 31.2. The molecule has 2 N–H and O–H groups in total. The molecule has 1 aromatic carbocycles. The lowest BCUT2D eigenvalue weighted by atomic mass is 10.1.